The van der Waals surface area contributed by atoms with Crippen molar-refractivity contribution in [3.8, 4) is 11.5 Å². The number of hydrogen-bond donors (Lipinski definition) is 3. The van der Waals surface area contributed by atoms with E-state index in [2.05, 4.69) is 26.0 Å². The van der Waals surface area contributed by atoms with E-state index in [1.807, 2.05) is 24.4 Å². The Balaban J connectivity index is 1.32. The summed E-state index contributed by atoms with van der Waals surface area (Å²) in [5.41, 5.74) is 4.23. The number of nitrogens with one attached hydrogen (secondary N) is 2. The molecule has 0 bridgehead atoms. The third-order valence-electron chi connectivity index (χ3n) is 4.02. The summed E-state index contributed by atoms with van der Waals surface area (Å²) in [6, 6.07) is 9.19. The van der Waals surface area contributed by atoms with E-state index in [1.54, 1.807) is 29.5 Å². The van der Waals surface area contributed by atoms with Crippen LogP contribution in [0.1, 0.15) is 11.8 Å². The molecule has 3 aromatic rings. The van der Waals surface area contributed by atoms with Crippen molar-refractivity contribution < 1.29 is 14.3 Å². The molecular formula is C18H19N7O3S2. The van der Waals surface area contributed by atoms with E-state index in [4.69, 9.17) is 15.3 Å². The van der Waals surface area contributed by atoms with Gasteiger partial charge in [0, 0.05) is 16.6 Å². The topological polar surface area (TPSA) is 129 Å². The molecule has 0 saturated heterocycles. The van der Waals surface area contributed by atoms with Crippen LogP contribution in [0.3, 0.4) is 0 Å². The maximum absolute atomic E-state index is 12.3. The van der Waals surface area contributed by atoms with Gasteiger partial charge in [0.1, 0.15) is 13.2 Å². The van der Waals surface area contributed by atoms with Gasteiger partial charge in [-0.15, -0.1) is 21.5 Å². The number of nitrogens with zero attached hydrogens (tertiary/aromatic N) is 4. The SMILES string of the molecule is C/C(=N\Nc1nnc(SCC(=O)Nc2ccc3c(c2)OCCO3)n1N)c1cccs1. The lowest BCUT2D eigenvalue weighted by molar-refractivity contribution is -0.113. The number of carbonyl (C=O) groups is 1. The van der Waals surface area contributed by atoms with Crippen molar-refractivity contribution in [2.45, 2.75) is 12.1 Å². The van der Waals surface area contributed by atoms with Crippen LogP contribution in [0.2, 0.25) is 0 Å². The molecule has 0 spiro atoms. The molecule has 0 unspecified atom stereocenters. The summed E-state index contributed by atoms with van der Waals surface area (Å²) >= 11 is 2.75. The van der Waals surface area contributed by atoms with E-state index in [0.29, 0.717) is 35.6 Å². The number of rotatable bonds is 7. The second kappa shape index (κ2) is 9.05. The van der Waals surface area contributed by atoms with Gasteiger partial charge in [-0.1, -0.05) is 17.8 Å². The summed E-state index contributed by atoms with van der Waals surface area (Å²) < 4.78 is 12.2. The first-order chi connectivity index (χ1) is 14.6. The molecule has 0 radical (unpaired) electrons. The highest BCUT2D eigenvalue weighted by molar-refractivity contribution is 7.99. The number of nitrogen functional groups attached to an aromatic ring is 1. The fraction of sp³-hybridized carbons (Fsp3) is 0.222. The quantitative estimate of drug-likeness (QED) is 0.219. The van der Waals surface area contributed by atoms with Crippen molar-refractivity contribution in [2.24, 2.45) is 5.10 Å². The Bertz CT molecular complexity index is 1070. The predicted molar refractivity (Wildman–Crippen MR) is 117 cm³/mol. The van der Waals surface area contributed by atoms with Gasteiger partial charge in [0.15, 0.2) is 11.5 Å². The maximum Gasteiger partial charge on any atom is 0.264 e. The van der Waals surface area contributed by atoms with E-state index < -0.39 is 0 Å². The number of ether oxygens (including phenoxy) is 2. The van der Waals surface area contributed by atoms with Crippen molar-refractivity contribution in [3.05, 3.63) is 40.6 Å². The van der Waals surface area contributed by atoms with E-state index >= 15 is 0 Å². The first-order valence-corrected chi connectivity index (χ1v) is 10.8. The van der Waals surface area contributed by atoms with Crippen LogP contribution in [-0.2, 0) is 4.79 Å². The number of anilines is 2. The average molecular weight is 446 g/mol. The van der Waals surface area contributed by atoms with Gasteiger partial charge < -0.3 is 20.6 Å². The molecule has 1 amide bonds. The van der Waals surface area contributed by atoms with E-state index in [9.17, 15) is 4.79 Å². The Labute approximate surface area is 180 Å². The Hall–Kier alpha value is -3.25. The number of carbonyl (C=O) groups excluding carboxylic acids is 1. The van der Waals surface area contributed by atoms with E-state index in [0.717, 1.165) is 10.6 Å². The van der Waals surface area contributed by atoms with Crippen LogP contribution < -0.4 is 26.1 Å². The third-order valence-corrected chi connectivity index (χ3v) is 5.95. The van der Waals surface area contributed by atoms with Gasteiger partial charge in [0.25, 0.3) is 5.95 Å². The van der Waals surface area contributed by atoms with Crippen LogP contribution >= 0.6 is 23.1 Å². The largest absolute Gasteiger partial charge is 0.486 e. The first kappa shape index (κ1) is 20.0. The minimum atomic E-state index is -0.208. The summed E-state index contributed by atoms with van der Waals surface area (Å²) in [5.74, 6) is 7.47. The summed E-state index contributed by atoms with van der Waals surface area (Å²) in [5, 5.41) is 17.4. The Morgan fingerprint density at radius 2 is 2.13 bits per heavy atom. The zero-order valence-electron chi connectivity index (χ0n) is 16.0. The number of thiophene rings is 1. The third kappa shape index (κ3) is 4.66. The van der Waals surface area contributed by atoms with Crippen molar-refractivity contribution in [3.63, 3.8) is 0 Å². The Morgan fingerprint density at radius 3 is 2.93 bits per heavy atom. The monoisotopic (exact) mass is 445 g/mol. The Kier molecular flexibility index (Phi) is 6.05. The molecule has 12 heteroatoms. The molecule has 0 saturated carbocycles. The van der Waals surface area contributed by atoms with Gasteiger partial charge >= 0.3 is 0 Å². The minimum absolute atomic E-state index is 0.112. The predicted octanol–water partition coefficient (Wildman–Crippen LogP) is 2.39. The summed E-state index contributed by atoms with van der Waals surface area (Å²) in [6.45, 7) is 2.89. The highest BCUT2D eigenvalue weighted by Crippen LogP contribution is 2.32. The second-order valence-electron chi connectivity index (χ2n) is 6.16. The molecule has 156 valence electrons. The van der Waals surface area contributed by atoms with Crippen LogP contribution in [0.4, 0.5) is 11.6 Å². The number of hydrogen-bond acceptors (Lipinski definition) is 10. The summed E-state index contributed by atoms with van der Waals surface area (Å²) in [4.78, 5) is 13.3. The van der Waals surface area contributed by atoms with Crippen LogP contribution in [0, 0.1) is 0 Å². The zero-order chi connectivity index (χ0) is 20.9. The normalized spacial score (nSPS) is 13.2. The lowest BCUT2D eigenvalue weighted by atomic mass is 10.2. The Morgan fingerprint density at radius 1 is 1.30 bits per heavy atom. The number of hydrazone groups is 1. The molecule has 1 aliphatic heterocycles. The van der Waals surface area contributed by atoms with E-state index in [-0.39, 0.29) is 17.6 Å². The highest BCUT2D eigenvalue weighted by Gasteiger charge is 2.15. The fourth-order valence-corrected chi connectivity index (χ4v) is 3.91. The van der Waals surface area contributed by atoms with Crippen LogP contribution in [0.15, 0.2) is 46.0 Å². The van der Waals surface area contributed by atoms with Crippen molar-refractivity contribution in [1.82, 2.24) is 14.9 Å². The summed E-state index contributed by atoms with van der Waals surface area (Å²) in [6.07, 6.45) is 0. The van der Waals surface area contributed by atoms with Crippen LogP contribution in [0.5, 0.6) is 11.5 Å². The molecule has 0 aliphatic carbocycles. The van der Waals surface area contributed by atoms with Crippen LogP contribution in [-0.4, -0.2) is 45.5 Å². The molecule has 0 fully saturated rings. The molecule has 4 rings (SSSR count). The highest BCUT2D eigenvalue weighted by atomic mass is 32.2. The number of fused-ring (bicyclic) bond motifs is 1. The molecule has 4 N–H and O–H groups in total. The number of nitrogens with two attached hydrogens (primary N) is 1. The smallest absolute Gasteiger partial charge is 0.264 e. The molecule has 1 aliphatic rings. The van der Waals surface area contributed by atoms with Crippen LogP contribution in [0.25, 0.3) is 0 Å². The molecular weight excluding hydrogens is 426 g/mol. The molecule has 0 atom stereocenters. The molecule has 30 heavy (non-hydrogen) atoms. The van der Waals surface area contributed by atoms with E-state index in [1.165, 1.54) is 16.4 Å². The molecule has 10 nitrogen and oxygen atoms in total. The maximum atomic E-state index is 12.3. The fourth-order valence-electron chi connectivity index (χ4n) is 2.57. The van der Waals surface area contributed by atoms with Crippen molar-refractivity contribution >= 4 is 46.4 Å². The van der Waals surface area contributed by atoms with Gasteiger partial charge in [-0.05, 0) is 30.5 Å². The molecule has 3 heterocycles. The minimum Gasteiger partial charge on any atom is -0.486 e. The average Bonchev–Trinajstić information content (AvgIpc) is 3.41. The van der Waals surface area contributed by atoms with Gasteiger partial charge in [-0.2, -0.15) is 5.10 Å². The molecule has 1 aromatic carbocycles. The number of amides is 1. The standard InChI is InChI=1S/C18H19N7O3S2/c1-11(15-3-2-8-29-15)21-22-17-23-24-18(25(17)19)30-10-16(26)20-12-4-5-13-14(9-12)28-7-6-27-13/h2-5,8-9H,6-7,10,19H2,1H3,(H,20,26)(H,22,23)/b21-11+. The number of aromatic nitrogens is 3. The first-order valence-electron chi connectivity index (χ1n) is 8.97. The second-order valence-corrected chi connectivity index (χ2v) is 8.05. The lowest BCUT2D eigenvalue weighted by Gasteiger charge is -2.18. The summed E-state index contributed by atoms with van der Waals surface area (Å²) in [7, 11) is 0. The zero-order valence-corrected chi connectivity index (χ0v) is 17.6. The van der Waals surface area contributed by atoms with Gasteiger partial charge in [-0.3, -0.25) is 4.79 Å². The lowest BCUT2D eigenvalue weighted by Crippen LogP contribution is -2.18. The number of benzene rings is 1. The van der Waals surface area contributed by atoms with Crippen molar-refractivity contribution in [2.75, 3.05) is 35.6 Å². The number of thioether (sulfide) groups is 1. The van der Waals surface area contributed by atoms with Gasteiger partial charge in [0.05, 0.1) is 11.5 Å². The van der Waals surface area contributed by atoms with Gasteiger partial charge in [0.2, 0.25) is 11.1 Å². The van der Waals surface area contributed by atoms with Crippen molar-refractivity contribution in [1.29, 1.82) is 0 Å². The van der Waals surface area contributed by atoms with Gasteiger partial charge in [-0.25, -0.2) is 10.1 Å². The molecule has 2 aromatic heterocycles.